The molecule has 0 unspecified atom stereocenters. The molecule has 6 heteroatoms. The maximum absolute atomic E-state index is 11.8. The van der Waals surface area contributed by atoms with E-state index >= 15 is 0 Å². The predicted octanol–water partition coefficient (Wildman–Crippen LogP) is 1.52. The summed E-state index contributed by atoms with van der Waals surface area (Å²) in [7, 11) is 0. The van der Waals surface area contributed by atoms with Gasteiger partial charge < -0.3 is 10.2 Å². The van der Waals surface area contributed by atoms with Crippen molar-refractivity contribution < 1.29 is 9.69 Å². The molecule has 0 spiro atoms. The third-order valence-corrected chi connectivity index (χ3v) is 3.53. The lowest BCUT2D eigenvalue weighted by Crippen LogP contribution is -3.17. The number of amides is 1. The molecule has 0 saturated carbocycles. The summed E-state index contributed by atoms with van der Waals surface area (Å²) in [4.78, 5) is 12.9. The highest BCUT2D eigenvalue weighted by molar-refractivity contribution is 6.68. The summed E-state index contributed by atoms with van der Waals surface area (Å²) in [5, 5.41) is 2.86. The zero-order valence-electron chi connectivity index (χ0n) is 10.2. The van der Waals surface area contributed by atoms with E-state index in [-0.39, 0.29) is 5.91 Å². The van der Waals surface area contributed by atoms with Gasteiger partial charge in [0.2, 0.25) is 12.1 Å². The van der Waals surface area contributed by atoms with Crippen molar-refractivity contribution in [1.82, 2.24) is 5.32 Å². The first kappa shape index (κ1) is 15.4. The van der Waals surface area contributed by atoms with Crippen LogP contribution in [0.25, 0.3) is 0 Å². The molecular weight excluding hydrogens is 282 g/mol. The minimum absolute atomic E-state index is 0.0456. The van der Waals surface area contributed by atoms with Crippen molar-refractivity contribution in [1.29, 1.82) is 0 Å². The quantitative estimate of drug-likeness (QED) is 0.759. The molecule has 0 aromatic heterocycles. The van der Waals surface area contributed by atoms with Gasteiger partial charge >= 0.3 is 0 Å². The molecule has 1 rings (SSSR count). The number of carbonyl (C=O) groups excluding carboxylic acids is 1. The lowest BCUT2D eigenvalue weighted by Gasteiger charge is -2.30. The van der Waals surface area contributed by atoms with Gasteiger partial charge in [0.1, 0.15) is 0 Å². The van der Waals surface area contributed by atoms with Crippen LogP contribution in [0.1, 0.15) is 33.1 Å². The van der Waals surface area contributed by atoms with Crippen LogP contribution in [-0.4, -0.2) is 29.0 Å². The summed E-state index contributed by atoms with van der Waals surface area (Å²) in [5.41, 5.74) is 0. The molecule has 1 amide bonds. The number of carbonyl (C=O) groups is 1. The van der Waals surface area contributed by atoms with Gasteiger partial charge in [-0.3, -0.25) is 4.79 Å². The zero-order chi connectivity index (χ0) is 13.1. The number of halogens is 3. The van der Waals surface area contributed by atoms with E-state index in [0.717, 1.165) is 30.8 Å². The average molecular weight is 303 g/mol. The second kappa shape index (κ2) is 6.46. The third-order valence-electron chi connectivity index (χ3n) is 2.88. The van der Waals surface area contributed by atoms with E-state index in [1.54, 1.807) is 0 Å². The number of hydrogen-bond donors (Lipinski definition) is 2. The molecule has 1 atom stereocenters. The summed E-state index contributed by atoms with van der Waals surface area (Å²) in [6, 6.07) is 0. The Morgan fingerprint density at radius 3 is 2.24 bits per heavy atom. The van der Waals surface area contributed by atoms with Gasteiger partial charge in [0, 0.05) is 19.3 Å². The third kappa shape index (κ3) is 5.21. The van der Waals surface area contributed by atoms with Crippen molar-refractivity contribution in [2.24, 2.45) is 5.92 Å². The second-order valence-corrected chi connectivity index (χ2v) is 7.37. The summed E-state index contributed by atoms with van der Waals surface area (Å²) in [5.74, 6) is 0.260. The van der Waals surface area contributed by atoms with Crippen molar-refractivity contribution in [3.05, 3.63) is 0 Å². The Labute approximate surface area is 118 Å². The maximum atomic E-state index is 11.8. The molecule has 3 nitrogen and oxygen atoms in total. The lowest BCUT2D eigenvalue weighted by molar-refractivity contribution is -0.915. The molecule has 1 fully saturated rings. The van der Waals surface area contributed by atoms with Crippen molar-refractivity contribution in [2.75, 3.05) is 13.1 Å². The van der Waals surface area contributed by atoms with Gasteiger partial charge in [-0.15, -0.1) is 0 Å². The average Bonchev–Trinajstić information content (AvgIpc) is 2.63. The molecular formula is C11H20Cl3N2O+. The topological polar surface area (TPSA) is 33.5 Å². The van der Waals surface area contributed by atoms with Crippen LogP contribution in [0, 0.1) is 5.92 Å². The number of quaternary nitrogens is 1. The van der Waals surface area contributed by atoms with E-state index in [1.165, 1.54) is 0 Å². The van der Waals surface area contributed by atoms with Crippen molar-refractivity contribution in [3.63, 3.8) is 0 Å². The zero-order valence-corrected chi connectivity index (χ0v) is 12.5. The molecule has 1 heterocycles. The SMILES string of the molecule is CC(C)CC(=O)N[C@@H]([NH+]1CCCC1)C(Cl)(Cl)Cl. The molecule has 1 aliphatic rings. The summed E-state index contributed by atoms with van der Waals surface area (Å²) in [6.07, 6.45) is 2.25. The Kier molecular flexibility index (Phi) is 5.84. The molecule has 0 radical (unpaired) electrons. The van der Waals surface area contributed by atoms with Crippen LogP contribution < -0.4 is 10.2 Å². The number of rotatable bonds is 4. The minimum Gasteiger partial charge on any atom is -0.312 e. The molecule has 17 heavy (non-hydrogen) atoms. The van der Waals surface area contributed by atoms with Gasteiger partial charge in [-0.05, 0) is 5.92 Å². The summed E-state index contributed by atoms with van der Waals surface area (Å²) < 4.78 is -1.45. The van der Waals surface area contributed by atoms with Crippen LogP contribution in [0.15, 0.2) is 0 Å². The van der Waals surface area contributed by atoms with Gasteiger partial charge in [0.25, 0.3) is 3.79 Å². The van der Waals surface area contributed by atoms with Gasteiger partial charge in [-0.2, -0.15) is 0 Å². The normalized spacial score (nSPS) is 19.6. The fourth-order valence-corrected chi connectivity index (χ4v) is 2.75. The summed E-state index contributed by atoms with van der Waals surface area (Å²) in [6.45, 7) is 5.88. The van der Waals surface area contributed by atoms with E-state index in [2.05, 4.69) is 5.32 Å². The summed E-state index contributed by atoms with van der Waals surface area (Å²) >= 11 is 17.9. The Morgan fingerprint density at radius 2 is 1.82 bits per heavy atom. The number of hydrogen-bond acceptors (Lipinski definition) is 1. The smallest absolute Gasteiger partial charge is 0.262 e. The first-order valence-electron chi connectivity index (χ1n) is 6.01. The fraction of sp³-hybridized carbons (Fsp3) is 0.909. The highest BCUT2D eigenvalue weighted by Gasteiger charge is 2.43. The van der Waals surface area contributed by atoms with Crippen LogP contribution in [0.4, 0.5) is 0 Å². The van der Waals surface area contributed by atoms with E-state index in [9.17, 15) is 4.79 Å². The predicted molar refractivity (Wildman–Crippen MR) is 71.6 cm³/mol. The molecule has 0 bridgehead atoms. The fourth-order valence-electron chi connectivity index (χ4n) is 2.12. The van der Waals surface area contributed by atoms with E-state index < -0.39 is 9.96 Å². The molecule has 0 aliphatic carbocycles. The lowest BCUT2D eigenvalue weighted by atomic mass is 10.1. The second-order valence-electron chi connectivity index (χ2n) is 5.01. The first-order valence-corrected chi connectivity index (χ1v) is 7.14. The van der Waals surface area contributed by atoms with E-state index in [0.29, 0.717) is 12.3 Å². The Morgan fingerprint density at radius 1 is 1.29 bits per heavy atom. The van der Waals surface area contributed by atoms with Gasteiger partial charge in [0.05, 0.1) is 13.1 Å². The monoisotopic (exact) mass is 301 g/mol. The highest BCUT2D eigenvalue weighted by atomic mass is 35.6. The Balaban J connectivity index is 2.61. The first-order chi connectivity index (χ1) is 7.80. The van der Waals surface area contributed by atoms with Crippen LogP contribution >= 0.6 is 34.8 Å². The van der Waals surface area contributed by atoms with Gasteiger partial charge in [0.15, 0.2) is 0 Å². The van der Waals surface area contributed by atoms with Gasteiger partial charge in [-0.1, -0.05) is 48.7 Å². The van der Waals surface area contributed by atoms with Crippen molar-refractivity contribution >= 4 is 40.7 Å². The number of alkyl halides is 3. The van der Waals surface area contributed by atoms with Crippen LogP contribution in [0.5, 0.6) is 0 Å². The highest BCUT2D eigenvalue weighted by Crippen LogP contribution is 2.28. The molecule has 100 valence electrons. The van der Waals surface area contributed by atoms with Crippen LogP contribution in [0.2, 0.25) is 0 Å². The van der Waals surface area contributed by atoms with Crippen molar-refractivity contribution in [3.8, 4) is 0 Å². The van der Waals surface area contributed by atoms with Crippen LogP contribution in [0.3, 0.4) is 0 Å². The molecule has 0 aromatic carbocycles. The Bertz CT molecular complexity index is 260. The largest absolute Gasteiger partial charge is 0.312 e. The van der Waals surface area contributed by atoms with Crippen LogP contribution in [-0.2, 0) is 4.79 Å². The molecule has 1 saturated heterocycles. The van der Waals surface area contributed by atoms with E-state index in [4.69, 9.17) is 34.8 Å². The molecule has 2 N–H and O–H groups in total. The van der Waals surface area contributed by atoms with Crippen molar-refractivity contribution in [2.45, 2.75) is 43.1 Å². The molecule has 0 aromatic rings. The minimum atomic E-state index is -1.45. The standard InChI is InChI=1S/C11H19Cl3N2O/c1-8(2)7-9(17)15-10(11(12,13)14)16-5-3-4-6-16/h8,10H,3-7H2,1-2H3,(H,15,17)/p+1/t10-/m0/s1. The van der Waals surface area contributed by atoms with Gasteiger partial charge in [-0.25, -0.2) is 0 Å². The maximum Gasteiger partial charge on any atom is 0.262 e. The Hall–Kier alpha value is 0.300. The number of likely N-dealkylation sites (tertiary alicyclic amines) is 1. The number of nitrogens with one attached hydrogen (secondary N) is 2. The molecule has 1 aliphatic heterocycles. The van der Waals surface area contributed by atoms with E-state index in [1.807, 2.05) is 13.8 Å².